The molecule has 2 atom stereocenters. The molecule has 172 valence electrons. The van der Waals surface area contributed by atoms with Gasteiger partial charge in [0.2, 0.25) is 5.91 Å². The van der Waals surface area contributed by atoms with E-state index in [4.69, 9.17) is 15.9 Å². The lowest BCUT2D eigenvalue weighted by molar-refractivity contribution is -0.143. The van der Waals surface area contributed by atoms with Crippen LogP contribution in [0.1, 0.15) is 30.4 Å². The fraction of sp³-hybridized carbons (Fsp3) is 0.320. The van der Waals surface area contributed by atoms with E-state index in [9.17, 15) is 19.5 Å². The van der Waals surface area contributed by atoms with E-state index in [1.807, 2.05) is 48.5 Å². The van der Waals surface area contributed by atoms with Crippen LogP contribution in [0, 0.1) is 12.3 Å². The van der Waals surface area contributed by atoms with Gasteiger partial charge in [0, 0.05) is 19.4 Å². The molecule has 0 radical (unpaired) electrons. The summed E-state index contributed by atoms with van der Waals surface area (Å²) < 4.78 is 10.6. The Morgan fingerprint density at radius 2 is 1.70 bits per heavy atom. The zero-order chi connectivity index (χ0) is 24.0. The van der Waals surface area contributed by atoms with Gasteiger partial charge in [-0.15, -0.1) is 12.3 Å². The first-order valence-corrected chi connectivity index (χ1v) is 10.4. The first-order valence-electron chi connectivity index (χ1n) is 10.4. The molecule has 2 aromatic carbocycles. The highest BCUT2D eigenvalue weighted by molar-refractivity contribution is 5.92. The van der Waals surface area contributed by atoms with Crippen molar-refractivity contribution in [1.29, 1.82) is 0 Å². The molecule has 8 heteroatoms. The maximum atomic E-state index is 12.8. The van der Waals surface area contributed by atoms with E-state index in [2.05, 4.69) is 16.6 Å². The number of amides is 2. The zero-order valence-electron chi connectivity index (χ0n) is 18.5. The summed E-state index contributed by atoms with van der Waals surface area (Å²) in [5.74, 6) is 0.0414. The second-order valence-electron chi connectivity index (χ2n) is 7.99. The molecule has 33 heavy (non-hydrogen) atoms. The van der Waals surface area contributed by atoms with E-state index in [0.717, 1.165) is 22.3 Å². The molecule has 0 saturated heterocycles. The number of aliphatic carboxylic acids is 1. The van der Waals surface area contributed by atoms with Crippen molar-refractivity contribution in [3.8, 4) is 23.5 Å². The molecule has 0 heterocycles. The number of benzene rings is 2. The van der Waals surface area contributed by atoms with E-state index in [1.165, 1.54) is 14.0 Å². The van der Waals surface area contributed by atoms with Gasteiger partial charge in [-0.05, 0) is 29.2 Å². The molecular formula is C25H26N2O6. The van der Waals surface area contributed by atoms with Crippen molar-refractivity contribution in [1.82, 2.24) is 10.6 Å². The maximum Gasteiger partial charge on any atom is 0.408 e. The van der Waals surface area contributed by atoms with Crippen molar-refractivity contribution >= 4 is 18.0 Å². The summed E-state index contributed by atoms with van der Waals surface area (Å²) >= 11 is 0. The molecule has 8 nitrogen and oxygen atoms in total. The topological polar surface area (TPSA) is 114 Å². The molecule has 2 amide bonds. The number of methoxy groups -OCH3 is 1. The first kappa shape index (κ1) is 23.8. The summed E-state index contributed by atoms with van der Waals surface area (Å²) in [7, 11) is 1.36. The number of terminal acetylenes is 1. The number of ether oxygens (including phenoxy) is 2. The van der Waals surface area contributed by atoms with Crippen molar-refractivity contribution in [3.63, 3.8) is 0 Å². The monoisotopic (exact) mass is 450 g/mol. The fourth-order valence-corrected chi connectivity index (χ4v) is 3.94. The van der Waals surface area contributed by atoms with Crippen LogP contribution in [0.5, 0.6) is 0 Å². The van der Waals surface area contributed by atoms with Gasteiger partial charge in [-0.25, -0.2) is 9.59 Å². The minimum absolute atomic E-state index is 0.0688. The van der Waals surface area contributed by atoms with E-state index in [1.54, 1.807) is 0 Å². The highest BCUT2D eigenvalue weighted by Crippen LogP contribution is 2.44. The van der Waals surface area contributed by atoms with Gasteiger partial charge < -0.3 is 25.2 Å². The summed E-state index contributed by atoms with van der Waals surface area (Å²) in [4.78, 5) is 36.8. The minimum Gasteiger partial charge on any atom is -0.480 e. The lowest BCUT2D eigenvalue weighted by Crippen LogP contribution is -2.61. The van der Waals surface area contributed by atoms with Gasteiger partial charge in [0.1, 0.15) is 18.2 Å². The van der Waals surface area contributed by atoms with E-state index < -0.39 is 29.6 Å². The van der Waals surface area contributed by atoms with Gasteiger partial charge in [0.15, 0.2) is 0 Å². The molecule has 1 aliphatic rings. The average Bonchev–Trinajstić information content (AvgIpc) is 3.11. The third-order valence-corrected chi connectivity index (χ3v) is 5.58. The van der Waals surface area contributed by atoms with Crippen LogP contribution in [-0.2, 0) is 19.1 Å². The Labute approximate surface area is 192 Å². The molecule has 2 aromatic rings. The van der Waals surface area contributed by atoms with Crippen molar-refractivity contribution in [2.75, 3.05) is 20.3 Å². The number of carbonyl (C=O) groups is 3. The number of carbonyl (C=O) groups excluding carboxylic acids is 2. The molecule has 0 spiro atoms. The van der Waals surface area contributed by atoms with E-state index in [0.29, 0.717) is 0 Å². The van der Waals surface area contributed by atoms with Crippen LogP contribution < -0.4 is 10.6 Å². The normalized spacial score (nSPS) is 14.7. The molecular weight excluding hydrogens is 424 g/mol. The summed E-state index contributed by atoms with van der Waals surface area (Å²) in [5.41, 5.74) is 2.74. The van der Waals surface area contributed by atoms with E-state index in [-0.39, 0.29) is 25.6 Å². The Morgan fingerprint density at radius 3 is 2.21 bits per heavy atom. The Hall–Kier alpha value is -3.83. The number of alkyl carbamates (subject to hydrolysis) is 1. The van der Waals surface area contributed by atoms with Gasteiger partial charge in [-0.2, -0.15) is 0 Å². The van der Waals surface area contributed by atoms with Gasteiger partial charge >= 0.3 is 12.1 Å². The van der Waals surface area contributed by atoms with Crippen LogP contribution in [0.15, 0.2) is 48.5 Å². The number of fused-ring (bicyclic) bond motifs is 3. The lowest BCUT2D eigenvalue weighted by atomic mass is 9.98. The largest absolute Gasteiger partial charge is 0.480 e. The van der Waals surface area contributed by atoms with Crippen LogP contribution in [0.4, 0.5) is 4.79 Å². The Kier molecular flexibility index (Phi) is 7.36. The van der Waals surface area contributed by atoms with Crippen molar-refractivity contribution in [2.24, 2.45) is 0 Å². The van der Waals surface area contributed by atoms with Crippen LogP contribution >= 0.6 is 0 Å². The molecule has 2 unspecified atom stereocenters. The molecule has 0 fully saturated rings. The SMILES string of the molecule is C#CCC(NC(=O)C(C)(COC)NC(=O)OCC1c2ccccc2-c2ccccc21)C(=O)O. The second-order valence-corrected chi connectivity index (χ2v) is 7.99. The Bertz CT molecular complexity index is 1050. The zero-order valence-corrected chi connectivity index (χ0v) is 18.5. The molecule has 1 aliphatic carbocycles. The maximum absolute atomic E-state index is 12.8. The van der Waals surface area contributed by atoms with Crippen LogP contribution in [0.2, 0.25) is 0 Å². The smallest absolute Gasteiger partial charge is 0.408 e. The molecule has 0 aromatic heterocycles. The molecule has 0 aliphatic heterocycles. The second kappa shape index (κ2) is 10.2. The van der Waals surface area contributed by atoms with Gasteiger partial charge in [0.05, 0.1) is 6.61 Å². The van der Waals surface area contributed by atoms with Crippen molar-refractivity contribution in [3.05, 3.63) is 59.7 Å². The molecule has 0 bridgehead atoms. The van der Waals surface area contributed by atoms with Gasteiger partial charge in [-0.3, -0.25) is 4.79 Å². The highest BCUT2D eigenvalue weighted by Gasteiger charge is 2.38. The minimum atomic E-state index is -1.57. The lowest BCUT2D eigenvalue weighted by Gasteiger charge is -2.29. The standard InChI is InChI=1S/C25H26N2O6/c1-4-9-21(22(28)29)26-23(30)25(2,15-32-3)27-24(31)33-14-20-18-12-7-5-10-16(18)17-11-6-8-13-19(17)20/h1,5-8,10-13,20-21H,9,14-15H2,2-3H3,(H,26,30)(H,27,31)(H,28,29). The number of carboxylic acid groups (broad SMARTS) is 1. The van der Waals surface area contributed by atoms with Crippen LogP contribution in [0.3, 0.4) is 0 Å². The van der Waals surface area contributed by atoms with Crippen molar-refractivity contribution < 1.29 is 29.0 Å². The summed E-state index contributed by atoms with van der Waals surface area (Å²) in [6.07, 6.45) is 4.16. The Balaban J connectivity index is 1.70. The third-order valence-electron chi connectivity index (χ3n) is 5.58. The number of hydrogen-bond acceptors (Lipinski definition) is 5. The summed E-state index contributed by atoms with van der Waals surface area (Å²) in [5, 5.41) is 14.1. The predicted octanol–water partition coefficient (Wildman–Crippen LogP) is 2.52. The number of rotatable bonds is 9. The molecule has 3 rings (SSSR count). The van der Waals surface area contributed by atoms with E-state index >= 15 is 0 Å². The highest BCUT2D eigenvalue weighted by atomic mass is 16.5. The summed E-state index contributed by atoms with van der Waals surface area (Å²) in [6, 6.07) is 14.6. The quantitative estimate of drug-likeness (QED) is 0.506. The van der Waals surface area contributed by atoms with Crippen LogP contribution in [0.25, 0.3) is 11.1 Å². The predicted molar refractivity (Wildman–Crippen MR) is 122 cm³/mol. The third kappa shape index (κ3) is 5.16. The number of nitrogens with one attached hydrogen (secondary N) is 2. The van der Waals surface area contributed by atoms with Gasteiger partial charge in [0.25, 0.3) is 0 Å². The number of carboxylic acids is 1. The molecule has 3 N–H and O–H groups in total. The average molecular weight is 450 g/mol. The first-order chi connectivity index (χ1) is 15.8. The number of hydrogen-bond donors (Lipinski definition) is 3. The fourth-order valence-electron chi connectivity index (χ4n) is 3.94. The van der Waals surface area contributed by atoms with Crippen molar-refractivity contribution in [2.45, 2.75) is 30.8 Å². The Morgan fingerprint density at radius 1 is 1.12 bits per heavy atom. The molecule has 0 saturated carbocycles. The van der Waals surface area contributed by atoms with Crippen LogP contribution in [-0.4, -0.2) is 55.0 Å². The summed E-state index contributed by atoms with van der Waals surface area (Å²) in [6.45, 7) is 1.28. The van der Waals surface area contributed by atoms with Gasteiger partial charge in [-0.1, -0.05) is 48.5 Å².